The van der Waals surface area contributed by atoms with Crippen LogP contribution in [-0.4, -0.2) is 58.1 Å². The summed E-state index contributed by atoms with van der Waals surface area (Å²) < 4.78 is 13.3. The quantitative estimate of drug-likeness (QED) is 0.618. The molecule has 8 heteroatoms. The van der Waals surface area contributed by atoms with E-state index in [1.54, 1.807) is 47.3 Å². The molecule has 1 atom stereocenters. The topological polar surface area (TPSA) is 76.4 Å². The lowest BCUT2D eigenvalue weighted by atomic mass is 10.2. The molecule has 1 saturated heterocycles. The molecule has 1 unspecified atom stereocenters. The number of amides is 2. The van der Waals surface area contributed by atoms with E-state index in [1.807, 2.05) is 49.7 Å². The number of aromatic nitrogens is 2. The molecule has 0 N–H and O–H groups in total. The summed E-state index contributed by atoms with van der Waals surface area (Å²) in [6.07, 6.45) is 5.77. The number of fused-ring (bicyclic) bond motifs is 1. The Morgan fingerprint density at radius 3 is 2.59 bits per heavy atom. The number of pyridine rings is 1. The molecule has 1 aliphatic heterocycles. The van der Waals surface area contributed by atoms with Gasteiger partial charge in [-0.2, -0.15) is 0 Å². The molecule has 0 spiro atoms. The lowest BCUT2D eigenvalue weighted by Crippen LogP contribution is -2.36. The molecule has 3 aromatic rings. The van der Waals surface area contributed by atoms with Crippen molar-refractivity contribution in [1.29, 1.82) is 0 Å². The van der Waals surface area contributed by atoms with Crippen molar-refractivity contribution in [2.75, 3.05) is 25.0 Å². The Kier molecular flexibility index (Phi) is 5.78. The Hall–Kier alpha value is -3.55. The van der Waals surface area contributed by atoms with Crippen LogP contribution in [0.2, 0.25) is 0 Å². The Labute approximate surface area is 187 Å². The van der Waals surface area contributed by atoms with Gasteiger partial charge in [-0.1, -0.05) is 0 Å². The number of carbonyl (C=O) groups excluding carboxylic acids is 2. The SMILES string of the molecule is CN(C(=O)c1ccc(OC2CCN(C(=O)OC(C)(C)C)C2)cc1)c1ccn2ccnc2c1. The normalized spacial score (nSPS) is 16.2. The van der Waals surface area contributed by atoms with Gasteiger partial charge >= 0.3 is 6.09 Å². The van der Waals surface area contributed by atoms with E-state index < -0.39 is 5.60 Å². The number of nitrogens with zero attached hydrogens (tertiary/aromatic N) is 4. The third kappa shape index (κ3) is 4.85. The highest BCUT2D eigenvalue weighted by molar-refractivity contribution is 6.05. The van der Waals surface area contributed by atoms with Gasteiger partial charge in [0.15, 0.2) is 0 Å². The molecule has 0 saturated carbocycles. The maximum absolute atomic E-state index is 12.9. The van der Waals surface area contributed by atoms with Gasteiger partial charge in [0.1, 0.15) is 23.1 Å². The molecular formula is C24H28N4O4. The average Bonchev–Trinajstić information content (AvgIpc) is 3.41. The highest BCUT2D eigenvalue weighted by Crippen LogP contribution is 2.22. The Morgan fingerprint density at radius 2 is 1.88 bits per heavy atom. The minimum atomic E-state index is -0.518. The molecule has 4 rings (SSSR count). The monoisotopic (exact) mass is 436 g/mol. The van der Waals surface area contributed by atoms with Gasteiger partial charge in [0, 0.05) is 55.9 Å². The van der Waals surface area contributed by atoms with Gasteiger partial charge in [0.05, 0.1) is 6.54 Å². The number of hydrogen-bond acceptors (Lipinski definition) is 5. The number of hydrogen-bond donors (Lipinski definition) is 0. The van der Waals surface area contributed by atoms with Crippen molar-refractivity contribution in [3.05, 3.63) is 60.6 Å². The predicted octanol–water partition coefficient (Wildman–Crippen LogP) is 4.00. The van der Waals surface area contributed by atoms with Gasteiger partial charge in [-0.15, -0.1) is 0 Å². The van der Waals surface area contributed by atoms with E-state index in [9.17, 15) is 9.59 Å². The molecule has 168 valence electrons. The fourth-order valence-electron chi connectivity index (χ4n) is 3.60. The molecule has 1 fully saturated rings. The standard InChI is InChI=1S/C24H28N4O4/c1-24(2,3)32-23(30)28-13-10-20(16-28)31-19-7-5-17(6-8-19)22(29)26(4)18-9-12-27-14-11-25-21(27)15-18/h5-9,11-12,14-15,20H,10,13,16H2,1-4H3. The molecule has 0 radical (unpaired) electrons. The molecule has 2 aromatic heterocycles. The van der Waals surface area contributed by atoms with Crippen LogP contribution in [0.4, 0.5) is 10.5 Å². The zero-order valence-electron chi connectivity index (χ0n) is 18.8. The number of ether oxygens (including phenoxy) is 2. The van der Waals surface area contributed by atoms with Crippen LogP contribution >= 0.6 is 0 Å². The molecule has 32 heavy (non-hydrogen) atoms. The van der Waals surface area contributed by atoms with Crippen molar-refractivity contribution in [3.8, 4) is 5.75 Å². The molecule has 1 aliphatic rings. The van der Waals surface area contributed by atoms with Crippen molar-refractivity contribution in [2.24, 2.45) is 0 Å². The van der Waals surface area contributed by atoms with Crippen LogP contribution in [-0.2, 0) is 4.74 Å². The van der Waals surface area contributed by atoms with Gasteiger partial charge in [-0.25, -0.2) is 9.78 Å². The largest absolute Gasteiger partial charge is 0.489 e. The zero-order valence-corrected chi connectivity index (χ0v) is 18.8. The smallest absolute Gasteiger partial charge is 0.410 e. The second-order valence-corrected chi connectivity index (χ2v) is 8.92. The molecule has 1 aromatic carbocycles. The first kappa shape index (κ1) is 21.7. The molecule has 3 heterocycles. The molecule has 8 nitrogen and oxygen atoms in total. The van der Waals surface area contributed by atoms with E-state index in [0.29, 0.717) is 24.4 Å². The lowest BCUT2D eigenvalue weighted by molar-refractivity contribution is 0.0275. The second kappa shape index (κ2) is 8.53. The number of likely N-dealkylation sites (tertiary alicyclic amines) is 1. The van der Waals surface area contributed by atoms with Crippen LogP contribution in [0.15, 0.2) is 55.0 Å². The number of rotatable bonds is 4. The van der Waals surface area contributed by atoms with Crippen LogP contribution in [0, 0.1) is 0 Å². The molecule has 0 bridgehead atoms. The fraction of sp³-hybridized carbons (Fsp3) is 0.375. The fourth-order valence-corrected chi connectivity index (χ4v) is 3.60. The van der Waals surface area contributed by atoms with E-state index in [4.69, 9.17) is 9.47 Å². The predicted molar refractivity (Wildman–Crippen MR) is 121 cm³/mol. The average molecular weight is 437 g/mol. The first-order valence-electron chi connectivity index (χ1n) is 10.6. The van der Waals surface area contributed by atoms with E-state index >= 15 is 0 Å². The van der Waals surface area contributed by atoms with Crippen molar-refractivity contribution in [3.63, 3.8) is 0 Å². The Balaban J connectivity index is 1.35. The van der Waals surface area contributed by atoms with Crippen LogP contribution in [0.25, 0.3) is 5.65 Å². The van der Waals surface area contributed by atoms with Crippen molar-refractivity contribution in [2.45, 2.75) is 38.9 Å². The minimum Gasteiger partial charge on any atom is -0.489 e. The third-order valence-electron chi connectivity index (χ3n) is 5.27. The van der Waals surface area contributed by atoms with Crippen LogP contribution < -0.4 is 9.64 Å². The summed E-state index contributed by atoms with van der Waals surface area (Å²) >= 11 is 0. The summed E-state index contributed by atoms with van der Waals surface area (Å²) in [5, 5.41) is 0. The molecule has 0 aliphatic carbocycles. The zero-order chi connectivity index (χ0) is 22.9. The number of anilines is 1. The van der Waals surface area contributed by atoms with Crippen molar-refractivity contribution in [1.82, 2.24) is 14.3 Å². The Morgan fingerprint density at radius 1 is 1.12 bits per heavy atom. The number of carbonyl (C=O) groups is 2. The highest BCUT2D eigenvalue weighted by atomic mass is 16.6. The maximum atomic E-state index is 12.9. The van der Waals surface area contributed by atoms with E-state index in [0.717, 1.165) is 17.8 Å². The summed E-state index contributed by atoms with van der Waals surface area (Å²) in [5.74, 6) is 0.545. The number of benzene rings is 1. The number of imidazole rings is 1. The van der Waals surface area contributed by atoms with Gasteiger partial charge in [0.2, 0.25) is 0 Å². The van der Waals surface area contributed by atoms with Crippen LogP contribution in [0.1, 0.15) is 37.6 Å². The lowest BCUT2D eigenvalue weighted by Gasteiger charge is -2.24. The third-order valence-corrected chi connectivity index (χ3v) is 5.27. The summed E-state index contributed by atoms with van der Waals surface area (Å²) in [4.78, 5) is 32.7. The second-order valence-electron chi connectivity index (χ2n) is 8.92. The van der Waals surface area contributed by atoms with E-state index in [2.05, 4.69) is 4.98 Å². The highest BCUT2D eigenvalue weighted by Gasteiger charge is 2.30. The van der Waals surface area contributed by atoms with E-state index in [1.165, 1.54) is 0 Å². The van der Waals surface area contributed by atoms with Gasteiger partial charge in [0.25, 0.3) is 5.91 Å². The van der Waals surface area contributed by atoms with E-state index in [-0.39, 0.29) is 18.1 Å². The van der Waals surface area contributed by atoms with Gasteiger partial charge < -0.3 is 23.7 Å². The van der Waals surface area contributed by atoms with Gasteiger partial charge in [-0.05, 0) is 51.1 Å². The molecule has 2 amide bonds. The van der Waals surface area contributed by atoms with Gasteiger partial charge in [-0.3, -0.25) is 4.79 Å². The molecular weight excluding hydrogens is 408 g/mol. The minimum absolute atomic E-state index is 0.104. The Bertz CT molecular complexity index is 1120. The van der Waals surface area contributed by atoms with Crippen LogP contribution in [0.3, 0.4) is 0 Å². The van der Waals surface area contributed by atoms with Crippen molar-refractivity contribution < 1.29 is 19.1 Å². The summed E-state index contributed by atoms with van der Waals surface area (Å²) in [6.45, 7) is 6.64. The summed E-state index contributed by atoms with van der Waals surface area (Å²) in [7, 11) is 1.74. The van der Waals surface area contributed by atoms with Crippen LogP contribution in [0.5, 0.6) is 5.75 Å². The summed E-state index contributed by atoms with van der Waals surface area (Å²) in [5.41, 5.74) is 1.59. The first-order valence-corrected chi connectivity index (χ1v) is 10.6. The van der Waals surface area contributed by atoms with Crippen molar-refractivity contribution >= 4 is 23.3 Å². The maximum Gasteiger partial charge on any atom is 0.410 e. The summed E-state index contributed by atoms with van der Waals surface area (Å²) in [6, 6.07) is 10.8. The first-order chi connectivity index (χ1) is 15.2.